The molecule has 4 aromatic carbocycles. The fourth-order valence-electron chi connectivity index (χ4n) is 13.1. The Kier molecular flexibility index (Phi) is 28.8. The van der Waals surface area contributed by atoms with Gasteiger partial charge in [-0.3, -0.25) is 33.6 Å². The van der Waals surface area contributed by atoms with Gasteiger partial charge in [0.15, 0.2) is 0 Å². The number of hydrogen-bond donors (Lipinski definition) is 11. The van der Waals surface area contributed by atoms with Crippen molar-refractivity contribution in [3.05, 3.63) is 131 Å². The molecule has 0 radical (unpaired) electrons. The monoisotopic (exact) mass is 1290 g/mol. The first-order valence-corrected chi connectivity index (χ1v) is 33.3. The first-order valence-electron chi connectivity index (χ1n) is 33.3. The van der Waals surface area contributed by atoms with E-state index in [4.69, 9.17) is 63.1 Å². The van der Waals surface area contributed by atoms with Crippen LogP contribution in [0.4, 0.5) is 0 Å². The van der Waals surface area contributed by atoms with Crippen molar-refractivity contribution in [1.29, 1.82) is 0 Å². The van der Waals surface area contributed by atoms with Crippen molar-refractivity contribution in [1.82, 2.24) is 0 Å². The number of ketones is 1. The molecule has 0 saturated heterocycles. The lowest BCUT2D eigenvalue weighted by Gasteiger charge is -2.27. The van der Waals surface area contributed by atoms with Gasteiger partial charge < -0.3 is 63.1 Å². The summed E-state index contributed by atoms with van der Waals surface area (Å²) in [7, 11) is 0. The number of para-hydroxylation sites is 2. The quantitative estimate of drug-likeness (QED) is 0.0517. The fourth-order valence-corrected chi connectivity index (χ4v) is 13.1. The Balaban J connectivity index is 0.000000197. The number of carbonyl (C=O) groups is 7. The van der Waals surface area contributed by atoms with E-state index in [2.05, 4.69) is 6.58 Å². The van der Waals surface area contributed by atoms with Crippen LogP contribution in [0.15, 0.2) is 102 Å². The highest BCUT2D eigenvalue weighted by Crippen LogP contribution is 2.45. The maximum atomic E-state index is 11.3. The lowest BCUT2D eigenvalue weighted by molar-refractivity contribution is -0.148. The molecule has 7 aliphatic carbocycles. The van der Waals surface area contributed by atoms with Gasteiger partial charge in [-0.05, 0) is 176 Å². The van der Waals surface area contributed by atoms with E-state index in [0.717, 1.165) is 154 Å². The van der Waals surface area contributed by atoms with E-state index in [-0.39, 0.29) is 58.6 Å². The average molecular weight is 1290 g/mol. The molecule has 1 unspecified atom stereocenters. The molecule has 5 saturated carbocycles. The Hall–Kier alpha value is -7.45. The summed E-state index contributed by atoms with van der Waals surface area (Å²) in [6.45, 7) is 13.1. The van der Waals surface area contributed by atoms with Crippen LogP contribution in [0.1, 0.15) is 196 Å². The van der Waals surface area contributed by atoms with Crippen molar-refractivity contribution >= 4 is 63.5 Å². The van der Waals surface area contributed by atoms with Crippen LogP contribution in [0, 0.1) is 34.5 Å². The Morgan fingerprint density at radius 1 is 0.527 bits per heavy atom. The van der Waals surface area contributed by atoms with E-state index in [0.29, 0.717) is 31.7 Å². The number of nitrogens with two attached hydrogens (primary N) is 4. The van der Waals surface area contributed by atoms with Crippen LogP contribution in [0.3, 0.4) is 0 Å². The molecule has 0 aliphatic heterocycles. The molecule has 0 amide bonds. The van der Waals surface area contributed by atoms with Gasteiger partial charge >= 0.3 is 35.8 Å². The number of rotatable bonds is 12. The normalized spacial score (nSPS) is 23.7. The molecule has 1 aromatic heterocycles. The molecule has 19 heteroatoms. The molecular formula is C74H104N4O15. The Labute approximate surface area is 547 Å². The van der Waals surface area contributed by atoms with Crippen molar-refractivity contribution in [2.75, 3.05) is 6.54 Å². The smallest absolute Gasteiger partial charge is 0.313 e. The SMILES string of the molecule is C=C(O)[C@@H]1CCCC[C@@H]1N.CC(=O)C1(N)Cc2ccccc2C1.CC1(C(=O)O)CC1.CC1(C(=O)O)CCCC1.CC1(C(=O)O)CCc2ccccc21.C[C@@H]1CCCC[C@@H]1C(=O)O.NCCc1cccc2c1oc1c(CCC(=O)O)cccc12.N[C@H]1CCCC[C@@H]1C(=O)O. The van der Waals surface area contributed by atoms with Crippen LogP contribution >= 0.6 is 0 Å². The second-order valence-electron chi connectivity index (χ2n) is 27.3. The first-order chi connectivity index (χ1) is 43.9. The molecule has 7 aliphatic rings. The van der Waals surface area contributed by atoms with Crippen LogP contribution in [0.25, 0.3) is 21.9 Å². The minimum Gasteiger partial charge on any atom is -0.513 e. The number of hydrogen-bond acceptors (Lipinski definition) is 13. The third kappa shape index (κ3) is 21.5. The number of aliphatic carboxylic acids is 6. The van der Waals surface area contributed by atoms with Crippen LogP contribution < -0.4 is 22.9 Å². The lowest BCUT2D eigenvalue weighted by Crippen LogP contribution is -2.47. The molecule has 12 rings (SSSR count). The third-order valence-electron chi connectivity index (χ3n) is 20.1. The van der Waals surface area contributed by atoms with E-state index < -0.39 is 46.8 Å². The summed E-state index contributed by atoms with van der Waals surface area (Å²) in [6.07, 6.45) is 22.4. The van der Waals surface area contributed by atoms with Crippen LogP contribution in [0.5, 0.6) is 0 Å². The minimum absolute atomic E-state index is 0.0613. The van der Waals surface area contributed by atoms with Gasteiger partial charge in [0.05, 0.1) is 39.4 Å². The van der Waals surface area contributed by atoms with Crippen LogP contribution in [0.2, 0.25) is 0 Å². The van der Waals surface area contributed by atoms with Gasteiger partial charge in [-0.15, -0.1) is 0 Å². The molecule has 7 atom stereocenters. The van der Waals surface area contributed by atoms with Crippen molar-refractivity contribution in [3.8, 4) is 0 Å². The second kappa shape index (κ2) is 35.2. The van der Waals surface area contributed by atoms with E-state index >= 15 is 0 Å². The van der Waals surface area contributed by atoms with Crippen molar-refractivity contribution in [3.63, 3.8) is 0 Å². The number of carbonyl (C=O) groups excluding carboxylic acids is 1. The number of carboxylic acids is 6. The number of carboxylic acid groups (broad SMARTS) is 6. The first kappa shape index (κ1) is 76.3. The molecule has 15 N–H and O–H groups in total. The number of aliphatic hydroxyl groups excluding tert-OH is 1. The highest BCUT2D eigenvalue weighted by molar-refractivity contribution is 6.07. The molecule has 5 fully saturated rings. The zero-order valence-electron chi connectivity index (χ0n) is 55.3. The molecule has 0 bridgehead atoms. The van der Waals surface area contributed by atoms with Gasteiger partial charge in [0.2, 0.25) is 0 Å². The molecular weight excluding hydrogens is 1180 g/mol. The van der Waals surface area contributed by atoms with E-state index in [1.807, 2.05) is 98.8 Å². The standard InChI is InChI=1S/C17H17NO3.C11H13NO.C11H12O2.C8H15NO.C8H14O2.C7H13NO2.C7H12O2.C5H8O2/c18-10-9-12-4-2-6-14-13-5-1-3-11(7-8-15(19)20)16(13)21-17(12)14;1-8(13)11(12)6-9-4-2-3-5-10(9)7-11;1-11(10(12)13)7-6-8-4-2-3-5-9(8)11;1-6(10)7-4-2-3-5-8(7)9;1-6-4-2-3-5-7(6)8(9)10;8-6-4-2-1-3-5(6)7(9)10;1-7(6(8)9)4-2-3-5-7;1-5(2-3-5)4(6)7/h1-6H,7-10,18H2,(H,19,20);2-5H,6-7,12H2,1H3;2-5H,6-7H2,1H3,(H,12,13);7-8,10H,1-5,9H2;6-7H,2-5H2,1H3,(H,9,10);5-6H,1-4,8H2,(H,9,10);2-5H2,1H3,(H,8,9);2-3H2,1H3,(H,6,7)/t;;;7-,8-;6-,7+;5-,6-;;/m...010../s1. The van der Waals surface area contributed by atoms with E-state index in [1.165, 1.54) is 36.0 Å². The highest BCUT2D eigenvalue weighted by atomic mass is 16.4. The second-order valence-corrected chi connectivity index (χ2v) is 27.3. The molecule has 93 heavy (non-hydrogen) atoms. The zero-order chi connectivity index (χ0) is 68.8. The summed E-state index contributed by atoms with van der Waals surface area (Å²) >= 11 is 0. The van der Waals surface area contributed by atoms with Crippen LogP contribution in [-0.4, -0.2) is 102 Å². The largest absolute Gasteiger partial charge is 0.513 e. The summed E-state index contributed by atoms with van der Waals surface area (Å²) in [5.74, 6) is -3.55. The van der Waals surface area contributed by atoms with Gasteiger partial charge in [0.1, 0.15) is 16.9 Å². The summed E-state index contributed by atoms with van der Waals surface area (Å²) in [5.41, 5.74) is 29.3. The van der Waals surface area contributed by atoms with Gasteiger partial charge in [-0.2, -0.15) is 0 Å². The fraction of sp³-hybridized carbons (Fsp3) is 0.554. The topological polar surface area (TPSA) is 378 Å². The molecule has 5 aromatic rings. The summed E-state index contributed by atoms with van der Waals surface area (Å²) in [5, 5.41) is 63.5. The third-order valence-corrected chi connectivity index (χ3v) is 20.1. The lowest BCUT2D eigenvalue weighted by atomic mass is 9.81. The maximum Gasteiger partial charge on any atom is 0.313 e. The van der Waals surface area contributed by atoms with Crippen molar-refractivity contribution in [2.45, 2.75) is 218 Å². The molecule has 19 nitrogen and oxygen atoms in total. The highest BCUT2D eigenvalue weighted by Gasteiger charge is 2.45. The van der Waals surface area contributed by atoms with Crippen molar-refractivity contribution < 1.29 is 73.7 Å². The number of aliphatic hydroxyl groups is 1. The summed E-state index contributed by atoms with van der Waals surface area (Å²) < 4.78 is 6.05. The van der Waals surface area contributed by atoms with Gasteiger partial charge in [0.25, 0.3) is 0 Å². The predicted octanol–water partition coefficient (Wildman–Crippen LogP) is 12.7. The number of furan rings is 1. The Morgan fingerprint density at radius 3 is 1.33 bits per heavy atom. The van der Waals surface area contributed by atoms with Crippen LogP contribution in [-0.2, 0) is 71.1 Å². The Bertz CT molecular complexity index is 3240. The predicted molar refractivity (Wildman–Crippen MR) is 361 cm³/mol. The van der Waals surface area contributed by atoms with Gasteiger partial charge in [0, 0.05) is 35.2 Å². The van der Waals surface area contributed by atoms with Gasteiger partial charge in [-0.1, -0.05) is 150 Å². The average Bonchev–Trinajstić information content (AvgIpc) is 1.64. The Morgan fingerprint density at radius 2 is 0.968 bits per heavy atom. The molecule has 510 valence electrons. The summed E-state index contributed by atoms with van der Waals surface area (Å²) in [6, 6.07) is 27.9. The number of fused-ring (bicyclic) bond motifs is 5. The zero-order valence-corrected chi connectivity index (χ0v) is 55.3. The van der Waals surface area contributed by atoms with E-state index in [9.17, 15) is 33.6 Å². The number of aryl methyl sites for hydroxylation is 2. The minimum atomic E-state index is -0.799. The molecule has 1 heterocycles. The van der Waals surface area contributed by atoms with Crippen molar-refractivity contribution in [2.24, 2.45) is 57.4 Å². The summed E-state index contributed by atoms with van der Waals surface area (Å²) in [4.78, 5) is 74.8. The molecule has 0 spiro atoms. The van der Waals surface area contributed by atoms with Gasteiger partial charge in [-0.25, -0.2) is 0 Å². The maximum absolute atomic E-state index is 11.3. The van der Waals surface area contributed by atoms with E-state index in [1.54, 1.807) is 20.8 Å². The number of benzene rings is 4. The number of Topliss-reactive ketones (excluding diaryl/α,β-unsaturated/α-hetero) is 1.